The Balaban J connectivity index is 1.64. The van der Waals surface area contributed by atoms with Crippen molar-refractivity contribution >= 4 is 34.3 Å². The summed E-state index contributed by atoms with van der Waals surface area (Å²) >= 11 is 6.08. The molecule has 0 radical (unpaired) electrons. The van der Waals surface area contributed by atoms with E-state index in [-0.39, 0.29) is 5.91 Å². The van der Waals surface area contributed by atoms with Crippen LogP contribution in [0.1, 0.15) is 15.9 Å². The average molecular weight is 363 g/mol. The summed E-state index contributed by atoms with van der Waals surface area (Å²) in [4.78, 5) is 16.9. The molecule has 0 unspecified atom stereocenters. The Hall–Kier alpha value is -3.11. The van der Waals surface area contributed by atoms with Crippen LogP contribution in [0, 0.1) is 6.92 Å². The van der Waals surface area contributed by atoms with Crippen molar-refractivity contribution in [3.8, 4) is 11.5 Å². The number of nitrogens with zero attached hydrogens (tertiary/aromatic N) is 1. The standard InChI is InChI=1S/C21H15ClN2O2/c1-13-5-4-6-14(11-13)21-24-18-12-15(9-10-19(18)26-21)23-20(25)16-7-2-3-8-17(16)22/h2-12H,1H3,(H,23,25). The van der Waals surface area contributed by atoms with E-state index in [1.165, 1.54) is 0 Å². The van der Waals surface area contributed by atoms with E-state index in [2.05, 4.69) is 10.3 Å². The summed E-state index contributed by atoms with van der Waals surface area (Å²) in [5, 5.41) is 3.26. The van der Waals surface area contributed by atoms with E-state index >= 15 is 0 Å². The lowest BCUT2D eigenvalue weighted by Gasteiger charge is -2.06. The lowest BCUT2D eigenvalue weighted by molar-refractivity contribution is 0.102. The van der Waals surface area contributed by atoms with E-state index in [0.29, 0.717) is 33.3 Å². The van der Waals surface area contributed by atoms with Gasteiger partial charge in [-0.3, -0.25) is 4.79 Å². The second kappa shape index (κ2) is 6.65. The van der Waals surface area contributed by atoms with Crippen molar-refractivity contribution in [3.05, 3.63) is 82.9 Å². The number of rotatable bonds is 3. The molecule has 0 aliphatic carbocycles. The van der Waals surface area contributed by atoms with Gasteiger partial charge in [-0.2, -0.15) is 0 Å². The summed E-state index contributed by atoms with van der Waals surface area (Å²) in [5.41, 5.74) is 4.46. The average Bonchev–Trinajstić information content (AvgIpc) is 3.05. The first-order valence-corrected chi connectivity index (χ1v) is 8.51. The first kappa shape index (κ1) is 16.4. The highest BCUT2D eigenvalue weighted by atomic mass is 35.5. The predicted molar refractivity (Wildman–Crippen MR) is 104 cm³/mol. The topological polar surface area (TPSA) is 55.1 Å². The number of hydrogen-bond acceptors (Lipinski definition) is 3. The number of amides is 1. The highest BCUT2D eigenvalue weighted by molar-refractivity contribution is 6.34. The number of carbonyl (C=O) groups excluding carboxylic acids is 1. The van der Waals surface area contributed by atoms with Crippen LogP contribution in [0.25, 0.3) is 22.6 Å². The van der Waals surface area contributed by atoms with Crippen LogP contribution in [0.5, 0.6) is 0 Å². The van der Waals surface area contributed by atoms with Crippen molar-refractivity contribution < 1.29 is 9.21 Å². The third kappa shape index (κ3) is 3.19. The third-order valence-corrected chi connectivity index (χ3v) is 4.36. The number of nitrogens with one attached hydrogen (secondary N) is 1. The molecule has 1 amide bonds. The van der Waals surface area contributed by atoms with E-state index < -0.39 is 0 Å². The second-order valence-corrected chi connectivity index (χ2v) is 6.41. The summed E-state index contributed by atoms with van der Waals surface area (Å²) in [5.74, 6) is 0.288. The van der Waals surface area contributed by atoms with Gasteiger partial charge in [-0.1, -0.05) is 41.4 Å². The molecule has 26 heavy (non-hydrogen) atoms. The maximum absolute atomic E-state index is 12.4. The molecule has 0 aliphatic rings. The molecular weight excluding hydrogens is 348 g/mol. The number of fused-ring (bicyclic) bond motifs is 1. The summed E-state index contributed by atoms with van der Waals surface area (Å²) in [6.07, 6.45) is 0. The van der Waals surface area contributed by atoms with Crippen molar-refractivity contribution in [2.45, 2.75) is 6.92 Å². The number of anilines is 1. The van der Waals surface area contributed by atoms with Crippen molar-refractivity contribution in [2.75, 3.05) is 5.32 Å². The molecule has 0 fully saturated rings. The number of carbonyl (C=O) groups is 1. The molecule has 1 aromatic heterocycles. The van der Waals surface area contributed by atoms with E-state index in [9.17, 15) is 4.79 Å². The Bertz CT molecular complexity index is 1120. The van der Waals surface area contributed by atoms with Crippen molar-refractivity contribution in [1.82, 2.24) is 4.98 Å². The summed E-state index contributed by atoms with van der Waals surface area (Å²) in [6, 6.07) is 20.3. The van der Waals surface area contributed by atoms with Gasteiger partial charge in [0.05, 0.1) is 10.6 Å². The minimum Gasteiger partial charge on any atom is -0.436 e. The highest BCUT2D eigenvalue weighted by Gasteiger charge is 2.12. The van der Waals surface area contributed by atoms with Crippen molar-refractivity contribution in [2.24, 2.45) is 0 Å². The van der Waals surface area contributed by atoms with Gasteiger partial charge in [0.15, 0.2) is 5.58 Å². The molecule has 0 aliphatic heterocycles. The Morgan fingerprint density at radius 3 is 2.69 bits per heavy atom. The fourth-order valence-corrected chi connectivity index (χ4v) is 2.97. The number of aromatic nitrogens is 1. The first-order chi connectivity index (χ1) is 12.6. The predicted octanol–water partition coefficient (Wildman–Crippen LogP) is 5.71. The molecule has 0 atom stereocenters. The van der Waals surface area contributed by atoms with Gasteiger partial charge in [0, 0.05) is 11.3 Å². The number of hydrogen-bond donors (Lipinski definition) is 1. The monoisotopic (exact) mass is 362 g/mol. The molecule has 1 heterocycles. The van der Waals surface area contributed by atoms with Gasteiger partial charge in [0.2, 0.25) is 5.89 Å². The molecule has 0 saturated heterocycles. The molecule has 0 bridgehead atoms. The molecule has 0 saturated carbocycles. The number of halogens is 1. The van der Waals surface area contributed by atoms with Crippen LogP contribution in [0.2, 0.25) is 5.02 Å². The van der Waals surface area contributed by atoms with Gasteiger partial charge in [-0.15, -0.1) is 0 Å². The van der Waals surface area contributed by atoms with E-state index in [1.54, 1.807) is 42.5 Å². The Labute approximate surface area is 155 Å². The maximum Gasteiger partial charge on any atom is 0.257 e. The Morgan fingerprint density at radius 2 is 1.88 bits per heavy atom. The number of oxazole rings is 1. The summed E-state index contributed by atoms with van der Waals surface area (Å²) < 4.78 is 5.83. The first-order valence-electron chi connectivity index (χ1n) is 8.14. The van der Waals surface area contributed by atoms with E-state index in [1.807, 2.05) is 31.2 Å². The smallest absolute Gasteiger partial charge is 0.257 e. The molecule has 128 valence electrons. The maximum atomic E-state index is 12.4. The molecule has 4 nitrogen and oxygen atoms in total. The molecule has 4 rings (SSSR count). The summed E-state index contributed by atoms with van der Waals surface area (Å²) in [7, 11) is 0. The molecule has 5 heteroatoms. The third-order valence-electron chi connectivity index (χ3n) is 4.03. The van der Waals surface area contributed by atoms with Gasteiger partial charge < -0.3 is 9.73 Å². The van der Waals surface area contributed by atoms with Crippen molar-refractivity contribution in [1.29, 1.82) is 0 Å². The summed E-state index contributed by atoms with van der Waals surface area (Å²) in [6.45, 7) is 2.02. The lowest BCUT2D eigenvalue weighted by atomic mass is 10.1. The number of aryl methyl sites for hydroxylation is 1. The van der Waals surface area contributed by atoms with E-state index in [4.69, 9.17) is 16.0 Å². The van der Waals surface area contributed by atoms with Crippen LogP contribution < -0.4 is 5.32 Å². The quantitative estimate of drug-likeness (QED) is 0.508. The Kier molecular flexibility index (Phi) is 4.19. The lowest BCUT2D eigenvalue weighted by Crippen LogP contribution is -2.12. The zero-order valence-corrected chi connectivity index (χ0v) is 14.7. The number of benzene rings is 3. The van der Waals surface area contributed by atoms with Crippen LogP contribution in [0.4, 0.5) is 5.69 Å². The fourth-order valence-electron chi connectivity index (χ4n) is 2.75. The van der Waals surface area contributed by atoms with Crippen molar-refractivity contribution in [3.63, 3.8) is 0 Å². The SMILES string of the molecule is Cc1cccc(-c2nc3cc(NC(=O)c4ccccc4Cl)ccc3o2)c1. The molecule has 3 aromatic carbocycles. The second-order valence-electron chi connectivity index (χ2n) is 6.00. The Morgan fingerprint density at radius 1 is 1.04 bits per heavy atom. The van der Waals surface area contributed by atoms with E-state index in [0.717, 1.165) is 11.1 Å². The molecule has 4 aromatic rings. The molecule has 0 spiro atoms. The van der Waals surface area contributed by atoms with Gasteiger partial charge >= 0.3 is 0 Å². The zero-order chi connectivity index (χ0) is 18.1. The van der Waals surface area contributed by atoms with Crippen LogP contribution in [0.3, 0.4) is 0 Å². The van der Waals surface area contributed by atoms with Gasteiger partial charge in [-0.05, 0) is 49.4 Å². The van der Waals surface area contributed by atoms with Crippen LogP contribution in [0.15, 0.2) is 71.1 Å². The van der Waals surface area contributed by atoms with Gasteiger partial charge in [0.1, 0.15) is 5.52 Å². The van der Waals surface area contributed by atoms with Gasteiger partial charge in [0.25, 0.3) is 5.91 Å². The normalized spacial score (nSPS) is 10.8. The largest absolute Gasteiger partial charge is 0.436 e. The minimum absolute atomic E-state index is 0.266. The fraction of sp³-hybridized carbons (Fsp3) is 0.0476. The van der Waals surface area contributed by atoms with Crippen LogP contribution in [-0.4, -0.2) is 10.9 Å². The van der Waals surface area contributed by atoms with Gasteiger partial charge in [-0.25, -0.2) is 4.98 Å². The van der Waals surface area contributed by atoms with Crippen LogP contribution >= 0.6 is 11.6 Å². The molecule has 1 N–H and O–H groups in total. The zero-order valence-electron chi connectivity index (χ0n) is 14.0. The molecular formula is C21H15ClN2O2. The highest BCUT2D eigenvalue weighted by Crippen LogP contribution is 2.27. The minimum atomic E-state index is -0.266. The van der Waals surface area contributed by atoms with Crippen LogP contribution in [-0.2, 0) is 0 Å².